The van der Waals surface area contributed by atoms with Gasteiger partial charge in [-0.15, -0.1) is 5.10 Å². The fourth-order valence-corrected chi connectivity index (χ4v) is 2.27. The molecular weight excluding hydrogens is 260 g/mol. The van der Waals surface area contributed by atoms with Gasteiger partial charge in [-0.1, -0.05) is 11.6 Å². The summed E-state index contributed by atoms with van der Waals surface area (Å²) in [5.74, 6) is 0. The minimum atomic E-state index is -0.280. The third-order valence-electron chi connectivity index (χ3n) is 2.10. The first kappa shape index (κ1) is 11.8. The molecule has 1 aromatic carbocycles. The number of aromatic amines is 1. The highest BCUT2D eigenvalue weighted by Crippen LogP contribution is 2.31. The number of H-pyrrole nitrogens is 1. The van der Waals surface area contributed by atoms with Crippen molar-refractivity contribution >= 4 is 23.4 Å². The normalized spacial score (nSPS) is 10.2. The van der Waals surface area contributed by atoms with Crippen molar-refractivity contribution in [3.63, 3.8) is 0 Å². The van der Waals surface area contributed by atoms with Gasteiger partial charge in [0.15, 0.2) is 5.16 Å². The van der Waals surface area contributed by atoms with Crippen LogP contribution in [0.1, 0.15) is 5.56 Å². The maximum Gasteiger partial charge on any atom is 0.343 e. The molecule has 5 nitrogen and oxygen atoms in total. The molecular formula is C10H7ClN4OS. The summed E-state index contributed by atoms with van der Waals surface area (Å²) in [7, 11) is 1.62. The molecule has 0 atom stereocenters. The van der Waals surface area contributed by atoms with Gasteiger partial charge in [0.25, 0.3) is 0 Å². The molecule has 1 N–H and O–H groups in total. The number of benzene rings is 1. The maximum atomic E-state index is 11.2. The van der Waals surface area contributed by atoms with E-state index >= 15 is 0 Å². The van der Waals surface area contributed by atoms with Crippen molar-refractivity contribution in [1.82, 2.24) is 14.8 Å². The summed E-state index contributed by atoms with van der Waals surface area (Å²) in [6.45, 7) is 0. The minimum absolute atomic E-state index is 0.280. The zero-order valence-corrected chi connectivity index (χ0v) is 10.3. The molecule has 86 valence electrons. The molecule has 0 fully saturated rings. The Morgan fingerprint density at radius 1 is 1.59 bits per heavy atom. The Morgan fingerprint density at radius 3 is 2.88 bits per heavy atom. The standard InChI is InChI=1S/C10H7ClN4OS/c1-15-9(16)13-14-10(15)17-8-3-2-6(5-12)4-7(8)11/h2-4H,1H3,(H,13,16). The van der Waals surface area contributed by atoms with E-state index in [1.165, 1.54) is 16.3 Å². The van der Waals surface area contributed by atoms with Crippen molar-refractivity contribution in [2.45, 2.75) is 10.1 Å². The predicted molar refractivity (Wildman–Crippen MR) is 64.1 cm³/mol. The first-order chi connectivity index (χ1) is 8.11. The van der Waals surface area contributed by atoms with Crippen LogP contribution in [0, 0.1) is 11.3 Å². The molecule has 1 heterocycles. The number of rotatable bonds is 2. The number of nitrogens with zero attached hydrogens (tertiary/aromatic N) is 3. The van der Waals surface area contributed by atoms with Gasteiger partial charge in [-0.3, -0.25) is 4.57 Å². The van der Waals surface area contributed by atoms with Crippen LogP contribution in [0.3, 0.4) is 0 Å². The van der Waals surface area contributed by atoms with Crippen molar-refractivity contribution < 1.29 is 0 Å². The van der Waals surface area contributed by atoms with Gasteiger partial charge in [0.2, 0.25) is 0 Å². The molecule has 0 radical (unpaired) electrons. The number of halogens is 1. The van der Waals surface area contributed by atoms with Gasteiger partial charge in [-0.2, -0.15) is 5.26 Å². The fraction of sp³-hybridized carbons (Fsp3) is 0.100. The molecule has 0 spiro atoms. The average molecular weight is 267 g/mol. The summed E-state index contributed by atoms with van der Waals surface area (Å²) in [5.41, 5.74) is 0.215. The molecule has 0 amide bonds. The minimum Gasteiger partial charge on any atom is -0.273 e. The van der Waals surface area contributed by atoms with Crippen LogP contribution >= 0.6 is 23.4 Å². The summed E-state index contributed by atoms with van der Waals surface area (Å²) in [6, 6.07) is 6.97. The van der Waals surface area contributed by atoms with E-state index in [4.69, 9.17) is 16.9 Å². The lowest BCUT2D eigenvalue weighted by molar-refractivity contribution is 0.766. The lowest BCUT2D eigenvalue weighted by Gasteiger charge is -2.02. The molecule has 0 aliphatic heterocycles. The number of hydrogen-bond donors (Lipinski definition) is 1. The monoisotopic (exact) mass is 266 g/mol. The SMILES string of the molecule is Cn1c(Sc2ccc(C#N)cc2Cl)n[nH]c1=O. The summed E-state index contributed by atoms with van der Waals surface area (Å²) in [4.78, 5) is 11.9. The van der Waals surface area contributed by atoms with Gasteiger partial charge >= 0.3 is 5.69 Å². The van der Waals surface area contributed by atoms with E-state index < -0.39 is 0 Å². The quantitative estimate of drug-likeness (QED) is 0.899. The number of nitriles is 1. The number of aromatic nitrogens is 3. The van der Waals surface area contributed by atoms with Crippen LogP contribution in [0.25, 0.3) is 0 Å². The summed E-state index contributed by atoms with van der Waals surface area (Å²) < 4.78 is 1.39. The van der Waals surface area contributed by atoms with Crippen LogP contribution < -0.4 is 5.69 Å². The smallest absolute Gasteiger partial charge is 0.273 e. The Morgan fingerprint density at radius 2 is 2.35 bits per heavy atom. The van der Waals surface area contributed by atoms with E-state index in [0.717, 1.165) is 4.90 Å². The van der Waals surface area contributed by atoms with Crippen molar-refractivity contribution in [3.05, 3.63) is 39.3 Å². The zero-order valence-electron chi connectivity index (χ0n) is 8.77. The van der Waals surface area contributed by atoms with Gasteiger partial charge in [0, 0.05) is 11.9 Å². The van der Waals surface area contributed by atoms with E-state index in [1.54, 1.807) is 25.2 Å². The third-order valence-corrected chi connectivity index (χ3v) is 3.65. The fourth-order valence-electron chi connectivity index (χ4n) is 1.18. The van der Waals surface area contributed by atoms with E-state index in [9.17, 15) is 4.79 Å². The van der Waals surface area contributed by atoms with Crippen LogP contribution in [0.4, 0.5) is 0 Å². The van der Waals surface area contributed by atoms with Crippen LogP contribution in [-0.2, 0) is 7.05 Å². The highest BCUT2D eigenvalue weighted by atomic mass is 35.5. The van der Waals surface area contributed by atoms with Crippen molar-refractivity contribution in [2.24, 2.45) is 7.05 Å². The molecule has 1 aromatic heterocycles. The van der Waals surface area contributed by atoms with Crippen molar-refractivity contribution in [3.8, 4) is 6.07 Å². The van der Waals surface area contributed by atoms with Crippen LogP contribution in [-0.4, -0.2) is 14.8 Å². The van der Waals surface area contributed by atoms with Crippen LogP contribution in [0.5, 0.6) is 0 Å². The number of nitrogens with one attached hydrogen (secondary N) is 1. The lowest BCUT2D eigenvalue weighted by atomic mass is 10.2. The Labute approximate surface area is 106 Å². The first-order valence-electron chi connectivity index (χ1n) is 4.60. The number of hydrogen-bond acceptors (Lipinski definition) is 4. The highest BCUT2D eigenvalue weighted by molar-refractivity contribution is 7.99. The summed E-state index contributed by atoms with van der Waals surface area (Å²) in [6.07, 6.45) is 0. The molecule has 7 heteroatoms. The topological polar surface area (TPSA) is 74.5 Å². The van der Waals surface area contributed by atoms with E-state index in [2.05, 4.69) is 10.2 Å². The molecule has 0 saturated heterocycles. The Bertz CT molecular complexity index is 655. The largest absolute Gasteiger partial charge is 0.343 e. The molecule has 17 heavy (non-hydrogen) atoms. The van der Waals surface area contributed by atoms with Gasteiger partial charge in [0.05, 0.1) is 16.7 Å². The van der Waals surface area contributed by atoms with Crippen LogP contribution in [0.2, 0.25) is 5.02 Å². The van der Waals surface area contributed by atoms with Gasteiger partial charge in [-0.25, -0.2) is 9.89 Å². The molecule has 0 aliphatic rings. The Balaban J connectivity index is 2.34. The molecule has 2 aromatic rings. The average Bonchev–Trinajstić information content (AvgIpc) is 2.63. The van der Waals surface area contributed by atoms with E-state index in [1.807, 2.05) is 6.07 Å². The molecule has 2 rings (SSSR count). The van der Waals surface area contributed by atoms with Gasteiger partial charge in [-0.05, 0) is 30.0 Å². The summed E-state index contributed by atoms with van der Waals surface area (Å²) in [5, 5.41) is 15.9. The lowest BCUT2D eigenvalue weighted by Crippen LogP contribution is -2.12. The predicted octanol–water partition coefficient (Wildman–Crippen LogP) is 1.78. The second-order valence-corrected chi connectivity index (χ2v) is 4.65. The zero-order chi connectivity index (χ0) is 12.4. The maximum absolute atomic E-state index is 11.2. The molecule has 0 unspecified atom stereocenters. The first-order valence-corrected chi connectivity index (χ1v) is 5.80. The highest BCUT2D eigenvalue weighted by Gasteiger charge is 2.09. The van der Waals surface area contributed by atoms with Crippen molar-refractivity contribution in [1.29, 1.82) is 5.26 Å². The van der Waals surface area contributed by atoms with E-state index in [-0.39, 0.29) is 5.69 Å². The molecule has 0 bridgehead atoms. The molecule has 0 saturated carbocycles. The Hall–Kier alpha value is -1.71. The van der Waals surface area contributed by atoms with Gasteiger partial charge in [0.1, 0.15) is 0 Å². The van der Waals surface area contributed by atoms with Gasteiger partial charge < -0.3 is 0 Å². The Kier molecular flexibility index (Phi) is 3.22. The second-order valence-electron chi connectivity index (χ2n) is 3.23. The second kappa shape index (κ2) is 4.65. The van der Waals surface area contributed by atoms with Crippen LogP contribution in [0.15, 0.2) is 33.0 Å². The third kappa shape index (κ3) is 2.35. The summed E-state index contributed by atoms with van der Waals surface area (Å²) >= 11 is 7.28. The van der Waals surface area contributed by atoms with Crippen molar-refractivity contribution in [2.75, 3.05) is 0 Å². The molecule has 0 aliphatic carbocycles. The van der Waals surface area contributed by atoms with E-state index in [0.29, 0.717) is 15.7 Å².